The zero-order chi connectivity index (χ0) is 29.7. The van der Waals surface area contributed by atoms with Gasteiger partial charge in [-0.25, -0.2) is 4.57 Å². The average molecular weight is 579 g/mol. The minimum absolute atomic E-state index is 0.0286. The highest BCUT2D eigenvalue weighted by atomic mass is 31.2. The highest BCUT2D eigenvalue weighted by Crippen LogP contribution is 2.35. The van der Waals surface area contributed by atoms with Crippen LogP contribution in [0.25, 0.3) is 0 Å². The summed E-state index contributed by atoms with van der Waals surface area (Å²) in [5.41, 5.74) is 0. The lowest BCUT2D eigenvalue weighted by Crippen LogP contribution is -2.29. The first-order valence-electron chi connectivity index (χ1n) is 13.9. The second kappa shape index (κ2) is 26.5. The Balaban J connectivity index is 4.32. The first kappa shape index (κ1) is 37.2. The Morgan fingerprint density at radius 1 is 0.700 bits per heavy atom. The summed E-state index contributed by atoms with van der Waals surface area (Å²) < 4.78 is 25.9. The molecule has 0 saturated carbocycles. The largest absolute Gasteiger partial charge is 0.469 e. The molecule has 0 rings (SSSR count). The van der Waals surface area contributed by atoms with E-state index in [0.29, 0.717) is 12.8 Å². The molecule has 0 fully saturated rings. The third kappa shape index (κ3) is 28.2. The van der Waals surface area contributed by atoms with Crippen molar-refractivity contribution in [3.8, 4) is 0 Å². The van der Waals surface area contributed by atoms with Crippen molar-refractivity contribution in [2.75, 3.05) is 13.2 Å². The molecule has 40 heavy (non-hydrogen) atoms. The first-order valence-corrected chi connectivity index (χ1v) is 15.5. The molecule has 0 amide bonds. The van der Waals surface area contributed by atoms with Crippen molar-refractivity contribution in [1.82, 2.24) is 0 Å². The molecule has 0 spiro atoms. The molecule has 0 bridgehead atoms. The number of carbonyl (C=O) groups is 2. The van der Waals surface area contributed by atoms with Crippen LogP contribution in [0.2, 0.25) is 0 Å². The molecule has 2 N–H and O–H groups in total. The number of hydrogen-bond donors (Lipinski definition) is 2. The molecule has 9 heteroatoms. The van der Waals surface area contributed by atoms with Crippen LogP contribution < -0.4 is 0 Å². The van der Waals surface area contributed by atoms with Crippen LogP contribution in [0.1, 0.15) is 78.1 Å². The van der Waals surface area contributed by atoms with Gasteiger partial charge in [0.15, 0.2) is 6.10 Å². The Labute approximate surface area is 240 Å². The molecule has 0 aromatic rings. The molecule has 1 unspecified atom stereocenters. The summed E-state index contributed by atoms with van der Waals surface area (Å²) in [5, 5.41) is 0. The zero-order valence-electron chi connectivity index (χ0n) is 23.9. The van der Waals surface area contributed by atoms with Gasteiger partial charge in [0.2, 0.25) is 0 Å². The Bertz CT molecular complexity index is 922. The van der Waals surface area contributed by atoms with Crippen LogP contribution in [0.4, 0.5) is 0 Å². The van der Waals surface area contributed by atoms with Crippen molar-refractivity contribution in [3.63, 3.8) is 0 Å². The Morgan fingerprint density at radius 3 is 1.95 bits per heavy atom. The molecule has 224 valence electrons. The second-order valence-corrected chi connectivity index (χ2v) is 9.95. The van der Waals surface area contributed by atoms with Crippen LogP contribution in [-0.4, -0.2) is 41.0 Å². The van der Waals surface area contributed by atoms with Crippen LogP contribution in [0, 0.1) is 0 Å². The van der Waals surface area contributed by atoms with Crippen molar-refractivity contribution in [2.24, 2.45) is 0 Å². The highest BCUT2D eigenvalue weighted by molar-refractivity contribution is 7.46. The standard InChI is InChI=1S/C31H47O8P/c1-3-5-7-9-11-13-14-15-16-18-20-22-24-26-31(33)39-29(28-38-40(34,35)36)27-37-30(32)25-23-21-19-17-12-10-8-6-4-2/h5-9,11-17,21,23,29H,3-4,10,18-20,22,24-28H2,1-2H3,(H2,34,35,36)/b7-5+,8-6+,11-9+,14-13+,16-15+,17-12+,23-21+. The second-order valence-electron chi connectivity index (χ2n) is 8.71. The van der Waals surface area contributed by atoms with Gasteiger partial charge in [-0.15, -0.1) is 0 Å². The van der Waals surface area contributed by atoms with E-state index in [1.165, 1.54) is 0 Å². The molecule has 0 aromatic heterocycles. The van der Waals surface area contributed by atoms with Gasteiger partial charge < -0.3 is 19.3 Å². The summed E-state index contributed by atoms with van der Waals surface area (Å²) in [5.74, 6) is -1.09. The zero-order valence-corrected chi connectivity index (χ0v) is 24.8. The summed E-state index contributed by atoms with van der Waals surface area (Å²) in [6.07, 6.45) is 33.6. The Kier molecular flexibility index (Phi) is 24.6. The van der Waals surface area contributed by atoms with E-state index in [0.717, 1.165) is 38.5 Å². The molecule has 0 aliphatic heterocycles. The Morgan fingerprint density at radius 2 is 1.30 bits per heavy atom. The van der Waals surface area contributed by atoms with Gasteiger partial charge in [0.25, 0.3) is 0 Å². The fraction of sp³-hybridized carbons (Fsp3) is 0.484. The number of unbranched alkanes of at least 4 members (excludes halogenated alkanes) is 3. The first-order chi connectivity index (χ1) is 19.3. The predicted octanol–water partition coefficient (Wildman–Crippen LogP) is 7.38. The fourth-order valence-corrected chi connectivity index (χ4v) is 3.39. The monoisotopic (exact) mass is 578 g/mol. The van der Waals surface area contributed by atoms with Gasteiger partial charge in [0, 0.05) is 6.42 Å². The molecule has 0 saturated heterocycles. The van der Waals surface area contributed by atoms with Gasteiger partial charge in [0.1, 0.15) is 6.61 Å². The highest BCUT2D eigenvalue weighted by Gasteiger charge is 2.22. The predicted molar refractivity (Wildman–Crippen MR) is 160 cm³/mol. The van der Waals surface area contributed by atoms with E-state index >= 15 is 0 Å². The van der Waals surface area contributed by atoms with Crippen LogP contribution >= 0.6 is 7.82 Å². The summed E-state index contributed by atoms with van der Waals surface area (Å²) in [6, 6.07) is 0. The van der Waals surface area contributed by atoms with Gasteiger partial charge in [-0.3, -0.25) is 14.1 Å². The maximum atomic E-state index is 12.2. The molecule has 0 aliphatic rings. The topological polar surface area (TPSA) is 119 Å². The Hall–Kier alpha value is -2.77. The molecule has 0 aliphatic carbocycles. The molecule has 8 nitrogen and oxygen atoms in total. The molecule has 0 radical (unpaired) electrons. The fourth-order valence-electron chi connectivity index (χ4n) is 3.03. The van der Waals surface area contributed by atoms with E-state index in [2.05, 4.69) is 42.7 Å². The maximum Gasteiger partial charge on any atom is 0.469 e. The van der Waals surface area contributed by atoms with Gasteiger partial charge in [-0.2, -0.15) is 0 Å². The van der Waals surface area contributed by atoms with Crippen LogP contribution in [0.15, 0.2) is 85.1 Å². The number of esters is 2. The number of ether oxygens (including phenoxy) is 2. The van der Waals surface area contributed by atoms with Crippen LogP contribution in [0.3, 0.4) is 0 Å². The van der Waals surface area contributed by atoms with Crippen molar-refractivity contribution in [2.45, 2.75) is 84.2 Å². The van der Waals surface area contributed by atoms with Crippen molar-refractivity contribution in [3.05, 3.63) is 85.1 Å². The molecular weight excluding hydrogens is 531 g/mol. The average Bonchev–Trinajstić information content (AvgIpc) is 2.91. The van der Waals surface area contributed by atoms with Gasteiger partial charge >= 0.3 is 19.8 Å². The van der Waals surface area contributed by atoms with E-state index in [1.54, 1.807) is 6.08 Å². The summed E-state index contributed by atoms with van der Waals surface area (Å²) >= 11 is 0. The normalized spacial score (nSPS) is 13.8. The smallest absolute Gasteiger partial charge is 0.461 e. The lowest BCUT2D eigenvalue weighted by molar-refractivity contribution is -0.160. The molecular formula is C31H47O8P. The number of phosphoric ester groups is 1. The number of rotatable bonds is 23. The van der Waals surface area contributed by atoms with E-state index in [1.807, 2.05) is 54.7 Å². The van der Waals surface area contributed by atoms with E-state index in [-0.39, 0.29) is 19.4 Å². The van der Waals surface area contributed by atoms with Gasteiger partial charge in [-0.05, 0) is 44.9 Å². The number of hydrogen-bond acceptors (Lipinski definition) is 6. The van der Waals surface area contributed by atoms with Crippen molar-refractivity contribution < 1.29 is 37.9 Å². The lowest BCUT2D eigenvalue weighted by atomic mass is 10.1. The van der Waals surface area contributed by atoms with Crippen molar-refractivity contribution >= 4 is 19.8 Å². The van der Waals surface area contributed by atoms with E-state index in [4.69, 9.17) is 19.3 Å². The molecule has 0 aromatic carbocycles. The summed E-state index contributed by atoms with van der Waals surface area (Å²) in [6.45, 7) is 3.22. The number of carbonyl (C=O) groups excluding carboxylic acids is 2. The van der Waals surface area contributed by atoms with Crippen molar-refractivity contribution in [1.29, 1.82) is 0 Å². The van der Waals surface area contributed by atoms with E-state index < -0.39 is 32.5 Å². The lowest BCUT2D eigenvalue weighted by Gasteiger charge is -2.18. The third-order valence-corrected chi connectivity index (χ3v) is 5.52. The van der Waals surface area contributed by atoms with Crippen LogP contribution in [0.5, 0.6) is 0 Å². The van der Waals surface area contributed by atoms with Gasteiger partial charge in [-0.1, -0.05) is 105 Å². The summed E-state index contributed by atoms with van der Waals surface area (Å²) in [7, 11) is -4.77. The number of phosphoric acid groups is 1. The molecule has 1 atom stereocenters. The van der Waals surface area contributed by atoms with Gasteiger partial charge in [0.05, 0.1) is 13.0 Å². The van der Waals surface area contributed by atoms with E-state index in [9.17, 15) is 14.2 Å². The SMILES string of the molecule is CC/C=C/C=C/C=C/C=C/CCCCCC(=O)OC(COC(=O)C/C=C/C/C=C/C/C=C/CC)COP(=O)(O)O. The van der Waals surface area contributed by atoms with Crippen LogP contribution in [-0.2, 0) is 28.2 Å². The third-order valence-electron chi connectivity index (χ3n) is 5.04. The number of allylic oxidation sites excluding steroid dienone is 13. The quantitative estimate of drug-likeness (QED) is 0.0424. The minimum Gasteiger partial charge on any atom is -0.461 e. The summed E-state index contributed by atoms with van der Waals surface area (Å²) in [4.78, 5) is 42.1. The maximum absolute atomic E-state index is 12.2. The minimum atomic E-state index is -4.77. The molecule has 0 heterocycles.